The van der Waals surface area contributed by atoms with Crippen molar-refractivity contribution >= 4 is 32.5 Å². The minimum Gasteiger partial charge on any atom is -0.456 e. The first kappa shape index (κ1) is 32.3. The summed E-state index contributed by atoms with van der Waals surface area (Å²) < 4.78 is 6.18. The van der Waals surface area contributed by atoms with Gasteiger partial charge in [-0.25, -0.2) is 9.97 Å². The van der Waals surface area contributed by atoms with Crippen LogP contribution >= 0.6 is 0 Å². The van der Waals surface area contributed by atoms with Crippen LogP contribution in [-0.4, -0.2) is 9.97 Å². The minimum absolute atomic E-state index is 0.115. The Morgan fingerprint density at radius 1 is 0.411 bits per heavy atom. The van der Waals surface area contributed by atoms with E-state index < -0.39 is 0 Å². The number of benzene rings is 8. The first-order valence-corrected chi connectivity index (χ1v) is 19.2. The van der Waals surface area contributed by atoms with Gasteiger partial charge in [0.05, 0.1) is 11.4 Å². The first-order valence-electron chi connectivity index (χ1n) is 19.2. The summed E-state index contributed by atoms with van der Waals surface area (Å²) in [5.41, 5.74) is 14.5. The predicted octanol–water partition coefficient (Wildman–Crippen LogP) is 14.2. The first-order chi connectivity index (χ1) is 27.5. The normalized spacial score (nSPS) is 13.0. The van der Waals surface area contributed by atoms with E-state index in [1.165, 1.54) is 49.5 Å². The van der Waals surface area contributed by atoms with E-state index in [4.69, 9.17) is 14.4 Å². The van der Waals surface area contributed by atoms with Crippen LogP contribution in [0, 0.1) is 0 Å². The Hall–Kier alpha value is -7.10. The second-order valence-electron chi connectivity index (χ2n) is 15.4. The third-order valence-corrected chi connectivity index (χ3v) is 11.7. The van der Waals surface area contributed by atoms with Crippen molar-refractivity contribution < 1.29 is 4.42 Å². The van der Waals surface area contributed by atoms with Gasteiger partial charge in [-0.15, -0.1) is 0 Å². The van der Waals surface area contributed by atoms with E-state index in [-0.39, 0.29) is 5.41 Å². The lowest BCUT2D eigenvalue weighted by Crippen LogP contribution is -2.14. The van der Waals surface area contributed by atoms with Crippen molar-refractivity contribution in [1.82, 2.24) is 9.97 Å². The molecule has 8 aromatic carbocycles. The highest BCUT2D eigenvalue weighted by Gasteiger charge is 2.37. The molecule has 264 valence electrons. The second-order valence-corrected chi connectivity index (χ2v) is 15.4. The molecule has 56 heavy (non-hydrogen) atoms. The van der Waals surface area contributed by atoms with E-state index in [0.29, 0.717) is 5.82 Å². The highest BCUT2D eigenvalue weighted by Crippen LogP contribution is 2.54. The Morgan fingerprint density at radius 3 is 1.84 bits per heavy atom. The summed E-state index contributed by atoms with van der Waals surface area (Å²) in [5, 5.41) is 5.99. The summed E-state index contributed by atoms with van der Waals surface area (Å²) in [5.74, 6) is 1.54. The quantitative estimate of drug-likeness (QED) is 0.178. The van der Waals surface area contributed by atoms with Crippen LogP contribution in [0.25, 0.3) is 100.0 Å². The lowest BCUT2D eigenvalue weighted by molar-refractivity contribution is 0.631. The lowest BCUT2D eigenvalue weighted by atomic mass is 9.81. The number of nitrogens with zero attached hydrogens (tertiary/aromatic N) is 2. The Balaban J connectivity index is 1.06. The summed E-state index contributed by atoms with van der Waals surface area (Å²) in [6.07, 6.45) is 0. The van der Waals surface area contributed by atoms with Crippen LogP contribution in [0.3, 0.4) is 0 Å². The Morgan fingerprint density at radius 2 is 1.05 bits per heavy atom. The molecule has 0 fully saturated rings. The van der Waals surface area contributed by atoms with Crippen molar-refractivity contribution in [1.29, 1.82) is 0 Å². The van der Waals surface area contributed by atoms with E-state index in [2.05, 4.69) is 159 Å². The van der Waals surface area contributed by atoms with Crippen LogP contribution in [0.1, 0.15) is 25.0 Å². The molecule has 0 saturated heterocycles. The van der Waals surface area contributed by atoms with Gasteiger partial charge in [-0.2, -0.15) is 0 Å². The molecular weight excluding hydrogens is 681 g/mol. The number of furan rings is 1. The number of para-hydroxylation sites is 1. The zero-order chi connectivity index (χ0) is 37.4. The average molecular weight is 717 g/mol. The van der Waals surface area contributed by atoms with Crippen LogP contribution in [0.2, 0.25) is 0 Å². The highest BCUT2D eigenvalue weighted by molar-refractivity contribution is 6.08. The summed E-state index contributed by atoms with van der Waals surface area (Å²) in [6.45, 7) is 4.72. The number of hydrogen-bond donors (Lipinski definition) is 0. The van der Waals surface area contributed by atoms with Crippen molar-refractivity contribution in [2.75, 3.05) is 0 Å². The number of hydrogen-bond acceptors (Lipinski definition) is 3. The zero-order valence-corrected chi connectivity index (χ0v) is 31.1. The smallest absolute Gasteiger partial charge is 0.160 e. The number of fused-ring (bicyclic) bond motifs is 6. The maximum absolute atomic E-state index is 6.18. The van der Waals surface area contributed by atoms with Crippen LogP contribution in [0.4, 0.5) is 0 Å². The fraction of sp³-hybridized carbons (Fsp3) is 0.0566. The van der Waals surface area contributed by atoms with Gasteiger partial charge < -0.3 is 4.42 Å². The van der Waals surface area contributed by atoms with Crippen LogP contribution in [0.5, 0.6) is 0 Å². The molecule has 0 unspecified atom stereocenters. The summed E-state index contributed by atoms with van der Waals surface area (Å²) >= 11 is 0. The molecule has 0 aliphatic heterocycles. The lowest BCUT2D eigenvalue weighted by Gasteiger charge is -2.22. The monoisotopic (exact) mass is 716 g/mol. The van der Waals surface area contributed by atoms with Crippen molar-refractivity contribution in [3.8, 4) is 67.5 Å². The van der Waals surface area contributed by atoms with Gasteiger partial charge in [-0.05, 0) is 85.3 Å². The molecular formula is C53H36N2O. The van der Waals surface area contributed by atoms with Crippen LogP contribution in [0.15, 0.2) is 186 Å². The topological polar surface area (TPSA) is 38.9 Å². The van der Waals surface area contributed by atoms with E-state index in [1.807, 2.05) is 36.4 Å². The van der Waals surface area contributed by atoms with Gasteiger partial charge in [0.2, 0.25) is 0 Å². The molecule has 0 bridgehead atoms. The molecule has 10 aromatic rings. The van der Waals surface area contributed by atoms with Crippen molar-refractivity contribution in [2.24, 2.45) is 0 Å². The Kier molecular flexibility index (Phi) is 7.20. The summed E-state index contributed by atoms with van der Waals surface area (Å²) in [4.78, 5) is 10.4. The van der Waals surface area contributed by atoms with Gasteiger partial charge in [0, 0.05) is 33.1 Å². The van der Waals surface area contributed by atoms with Gasteiger partial charge in [-0.3, -0.25) is 0 Å². The van der Waals surface area contributed by atoms with Gasteiger partial charge in [0.25, 0.3) is 0 Å². The standard InChI is InChI=1S/C53H36N2O/c1-53(2)45-21-12-20-43(51(45)44-29-36-15-6-7-16-37(36)30-46(44)53)41-27-28-42(40-19-10-9-18-39(40)41)48-32-47(54-52(55-48)35-13-4-3-5-14-35)33-23-25-34(26-24-33)50-31-38-17-8-11-22-49(38)56-50/h3-32H,1-2H3. The number of rotatable bonds is 5. The molecule has 11 rings (SSSR count). The van der Waals surface area contributed by atoms with E-state index in [1.54, 1.807) is 0 Å². The molecule has 0 amide bonds. The largest absolute Gasteiger partial charge is 0.456 e. The summed E-state index contributed by atoms with van der Waals surface area (Å²) in [6, 6.07) is 64.8. The van der Waals surface area contributed by atoms with Crippen LogP contribution < -0.4 is 0 Å². The minimum atomic E-state index is -0.115. The molecule has 0 atom stereocenters. The third-order valence-electron chi connectivity index (χ3n) is 11.7. The summed E-state index contributed by atoms with van der Waals surface area (Å²) in [7, 11) is 0. The van der Waals surface area contributed by atoms with Gasteiger partial charge in [0.1, 0.15) is 11.3 Å². The van der Waals surface area contributed by atoms with Gasteiger partial charge in [-0.1, -0.05) is 166 Å². The molecule has 3 heteroatoms. The molecule has 0 radical (unpaired) electrons. The van der Waals surface area contributed by atoms with E-state index >= 15 is 0 Å². The van der Waals surface area contributed by atoms with E-state index in [0.717, 1.165) is 55.8 Å². The molecule has 2 aromatic heterocycles. The number of aromatic nitrogens is 2. The fourth-order valence-electron chi connectivity index (χ4n) is 8.83. The SMILES string of the molecule is CC1(C)c2cc3ccccc3cc2-c2c(-c3ccc(-c4cc(-c5ccc(-c6cc7ccccc7o6)cc5)nc(-c5ccccc5)n4)c4ccccc34)cccc21. The Labute approximate surface area is 325 Å². The molecule has 0 spiro atoms. The van der Waals surface area contributed by atoms with Crippen molar-refractivity contribution in [3.63, 3.8) is 0 Å². The molecule has 0 saturated carbocycles. The zero-order valence-electron chi connectivity index (χ0n) is 31.1. The second kappa shape index (κ2) is 12.5. The molecule has 3 nitrogen and oxygen atoms in total. The predicted molar refractivity (Wildman–Crippen MR) is 232 cm³/mol. The molecule has 0 N–H and O–H groups in total. The third kappa shape index (κ3) is 5.12. The maximum Gasteiger partial charge on any atom is 0.160 e. The molecule has 1 aliphatic carbocycles. The highest BCUT2D eigenvalue weighted by atomic mass is 16.3. The van der Waals surface area contributed by atoms with Crippen molar-refractivity contribution in [3.05, 3.63) is 193 Å². The Bertz CT molecular complexity index is 3120. The maximum atomic E-state index is 6.18. The fourth-order valence-corrected chi connectivity index (χ4v) is 8.83. The van der Waals surface area contributed by atoms with E-state index in [9.17, 15) is 0 Å². The van der Waals surface area contributed by atoms with Gasteiger partial charge in [0.15, 0.2) is 5.82 Å². The van der Waals surface area contributed by atoms with Gasteiger partial charge >= 0.3 is 0 Å². The molecule has 1 aliphatic rings. The molecule has 2 heterocycles. The van der Waals surface area contributed by atoms with Crippen molar-refractivity contribution in [2.45, 2.75) is 19.3 Å². The van der Waals surface area contributed by atoms with Crippen LogP contribution in [-0.2, 0) is 5.41 Å². The average Bonchev–Trinajstić information content (AvgIpc) is 3.79.